The van der Waals surface area contributed by atoms with Gasteiger partial charge in [-0.3, -0.25) is 0 Å². The molecule has 0 aliphatic rings. The Hall–Kier alpha value is 0.160. The molecule has 0 fully saturated rings. The van der Waals surface area contributed by atoms with Crippen LogP contribution in [0.25, 0.3) is 0 Å². The van der Waals surface area contributed by atoms with Gasteiger partial charge in [0.25, 0.3) is 0 Å². The predicted octanol–water partition coefficient (Wildman–Crippen LogP) is -0.421. The minimum atomic E-state index is -1.75. The molecule has 0 heterocycles. The van der Waals surface area contributed by atoms with E-state index < -0.39 is 5.09 Å². The van der Waals surface area contributed by atoms with Crippen molar-refractivity contribution < 1.29 is 43.8 Å². The minimum absolute atomic E-state index is 0. The largest absolute Gasteiger partial charge is 2.00 e. The maximum absolute atomic E-state index is 8.25. The van der Waals surface area contributed by atoms with Crippen LogP contribution in [-0.2, 0) is 33.3 Å². The fourth-order valence-corrected chi connectivity index (χ4v) is 0. The van der Waals surface area contributed by atoms with Gasteiger partial charge in [-0.1, -0.05) is 0 Å². The van der Waals surface area contributed by atoms with Gasteiger partial charge in [-0.15, -0.1) is 0 Å². The summed E-state index contributed by atoms with van der Waals surface area (Å²) in [6.07, 6.45) is 0. The Morgan fingerprint density at radius 1 is 1.29 bits per heavy atom. The average molecular weight is 197 g/mol. The Morgan fingerprint density at radius 3 is 1.29 bits per heavy atom. The van der Waals surface area contributed by atoms with Crippen molar-refractivity contribution >= 4 is 0 Å². The van der Waals surface area contributed by atoms with E-state index in [0.29, 0.717) is 0 Å². The summed E-state index contributed by atoms with van der Waals surface area (Å²) in [7, 11) is 0. The molecule has 0 spiro atoms. The molecule has 49 valence electrons. The van der Waals surface area contributed by atoms with Crippen LogP contribution in [0.1, 0.15) is 0 Å². The van der Waals surface area contributed by atoms with E-state index in [1.165, 1.54) is 0 Å². The van der Waals surface area contributed by atoms with Crippen molar-refractivity contribution in [2.24, 2.45) is 0 Å². The molecule has 0 saturated heterocycles. The molecule has 0 rings (SSSR count). The predicted molar refractivity (Wildman–Crippen MR) is 12.3 cm³/mol. The number of nitrogens with zero attached hydrogens (tertiary/aromatic N) is 1. The van der Waals surface area contributed by atoms with Gasteiger partial charge in [0.2, 0.25) is 0 Å². The molecule has 0 unspecified atom stereocenters. The zero-order valence-electron chi connectivity index (χ0n) is 2.77. The Bertz CT molecular complexity index is 34.7. The molecule has 0 saturated carbocycles. The first kappa shape index (κ1) is 27.2. The van der Waals surface area contributed by atoms with Crippen molar-refractivity contribution in [1.29, 1.82) is 0 Å². The van der Waals surface area contributed by atoms with Crippen molar-refractivity contribution in [2.45, 2.75) is 0 Å². The Kier molecular flexibility index (Phi) is 63.8. The van der Waals surface area contributed by atoms with Crippen LogP contribution >= 0.6 is 0 Å². The molecule has 7 heavy (non-hydrogen) atoms. The van der Waals surface area contributed by atoms with Crippen molar-refractivity contribution in [3.05, 3.63) is 15.3 Å². The fourth-order valence-electron chi connectivity index (χ4n) is 0. The zero-order chi connectivity index (χ0) is 3.58. The average Bonchev–Trinajstić information content (AvgIpc) is 0.811. The second-order valence-electron chi connectivity index (χ2n) is 0.224. The van der Waals surface area contributed by atoms with Crippen LogP contribution in [0, 0.1) is 15.3 Å². The maximum Gasteiger partial charge on any atom is 2.00 e. The van der Waals surface area contributed by atoms with Gasteiger partial charge in [0, 0.05) is 16.5 Å². The number of hydrogen-bond donors (Lipinski definition) is 0. The summed E-state index contributed by atoms with van der Waals surface area (Å²) in [5.41, 5.74) is 0. The van der Waals surface area contributed by atoms with Crippen LogP contribution in [0.5, 0.6) is 0 Å². The molecular formula is HCoNNiO4. The first-order chi connectivity index (χ1) is 1.73. The van der Waals surface area contributed by atoms with Crippen LogP contribution in [0.4, 0.5) is 0 Å². The first-order valence-electron chi connectivity index (χ1n) is 0.548. The van der Waals surface area contributed by atoms with E-state index >= 15 is 0 Å². The van der Waals surface area contributed by atoms with Crippen LogP contribution < -0.4 is 0 Å². The van der Waals surface area contributed by atoms with Crippen molar-refractivity contribution in [3.8, 4) is 0 Å². The van der Waals surface area contributed by atoms with Gasteiger partial charge in [0.15, 0.2) is 0 Å². The van der Waals surface area contributed by atoms with Crippen molar-refractivity contribution in [3.63, 3.8) is 0 Å². The van der Waals surface area contributed by atoms with Crippen molar-refractivity contribution in [1.82, 2.24) is 0 Å². The van der Waals surface area contributed by atoms with Gasteiger partial charge < -0.3 is 20.8 Å². The quantitative estimate of drug-likeness (QED) is 0.299. The SMILES string of the molecule is O=[N+]([O-])[O-].[Co+2].[Ni].[OH-]. The topological polar surface area (TPSA) is 96.2 Å². The van der Waals surface area contributed by atoms with Gasteiger partial charge in [-0.05, 0) is 0 Å². The third-order valence-electron chi connectivity index (χ3n) is 0. The van der Waals surface area contributed by atoms with Gasteiger partial charge in [-0.2, -0.15) is 0 Å². The second kappa shape index (κ2) is 16.4. The second-order valence-corrected chi connectivity index (χ2v) is 0.224. The van der Waals surface area contributed by atoms with Gasteiger partial charge in [0.05, 0.1) is 5.09 Å². The van der Waals surface area contributed by atoms with E-state index in [0.717, 1.165) is 0 Å². The summed E-state index contributed by atoms with van der Waals surface area (Å²) < 4.78 is 0. The van der Waals surface area contributed by atoms with E-state index in [9.17, 15) is 0 Å². The molecule has 0 aliphatic heterocycles. The van der Waals surface area contributed by atoms with Gasteiger partial charge in [-0.25, -0.2) is 0 Å². The van der Waals surface area contributed by atoms with Gasteiger partial charge in [0.1, 0.15) is 0 Å². The summed E-state index contributed by atoms with van der Waals surface area (Å²) in [5, 5.41) is 14.8. The van der Waals surface area contributed by atoms with E-state index in [1.54, 1.807) is 0 Å². The molecular weight excluding hydrogens is 196 g/mol. The van der Waals surface area contributed by atoms with Crippen LogP contribution in [0.3, 0.4) is 0 Å². The summed E-state index contributed by atoms with van der Waals surface area (Å²) >= 11 is 0. The first-order valence-corrected chi connectivity index (χ1v) is 0.548. The zero-order valence-corrected chi connectivity index (χ0v) is 4.80. The summed E-state index contributed by atoms with van der Waals surface area (Å²) in [4.78, 5) is 8.25. The molecule has 1 radical (unpaired) electrons. The fraction of sp³-hybridized carbons (Fsp3) is 0. The smallest absolute Gasteiger partial charge is 0.870 e. The molecule has 0 aromatic heterocycles. The minimum Gasteiger partial charge on any atom is -0.870 e. The Labute approximate surface area is 59.6 Å². The molecule has 0 bridgehead atoms. The van der Waals surface area contributed by atoms with E-state index in [4.69, 9.17) is 15.3 Å². The number of rotatable bonds is 0. The third kappa shape index (κ3) is 4160. The molecule has 0 amide bonds. The molecule has 5 nitrogen and oxygen atoms in total. The molecule has 1 N–H and O–H groups in total. The van der Waals surface area contributed by atoms with E-state index in [-0.39, 0.29) is 38.7 Å². The molecule has 0 aromatic carbocycles. The Morgan fingerprint density at radius 2 is 1.29 bits per heavy atom. The summed E-state index contributed by atoms with van der Waals surface area (Å²) in [5.74, 6) is 0. The van der Waals surface area contributed by atoms with Crippen LogP contribution in [0.15, 0.2) is 0 Å². The van der Waals surface area contributed by atoms with E-state index in [1.807, 2.05) is 0 Å². The summed E-state index contributed by atoms with van der Waals surface area (Å²) in [6, 6.07) is 0. The maximum atomic E-state index is 8.25. The Balaban J connectivity index is -0.0000000150. The van der Waals surface area contributed by atoms with Crippen LogP contribution in [-0.4, -0.2) is 10.6 Å². The standard InChI is InChI=1S/Co.NO3.Ni.H2O/c;2-1(3)4;;/h;;;1H2/q+2;-1;;/p-1. The monoisotopic (exact) mass is 196 g/mol. The van der Waals surface area contributed by atoms with E-state index in [2.05, 4.69) is 0 Å². The van der Waals surface area contributed by atoms with Gasteiger partial charge >= 0.3 is 16.8 Å². The normalized spacial score (nSPS) is 3.43. The summed E-state index contributed by atoms with van der Waals surface area (Å²) in [6.45, 7) is 0. The number of hydrogen-bond acceptors (Lipinski definition) is 4. The van der Waals surface area contributed by atoms with Crippen molar-refractivity contribution in [2.75, 3.05) is 0 Å². The molecule has 7 heteroatoms. The molecule has 0 aliphatic carbocycles. The third-order valence-corrected chi connectivity index (χ3v) is 0. The molecule has 0 atom stereocenters. The molecule has 0 aromatic rings. The van der Waals surface area contributed by atoms with Crippen LogP contribution in [0.2, 0.25) is 0 Å².